The van der Waals surface area contributed by atoms with Crippen molar-refractivity contribution in [3.63, 3.8) is 0 Å². The van der Waals surface area contributed by atoms with Crippen molar-refractivity contribution in [3.8, 4) is 5.75 Å². The zero-order valence-electron chi connectivity index (χ0n) is 8.30. The normalized spacial score (nSPS) is 17.5. The fraction of sp³-hybridized carbons (Fsp3) is 0.455. The van der Waals surface area contributed by atoms with Gasteiger partial charge < -0.3 is 10.5 Å². The Bertz CT molecular complexity index is 364. The Balaban J connectivity index is 1.96. The van der Waals surface area contributed by atoms with Gasteiger partial charge in [-0.3, -0.25) is 0 Å². The second-order valence-electron chi connectivity index (χ2n) is 4.07. The van der Waals surface area contributed by atoms with E-state index in [1.165, 1.54) is 6.07 Å². The molecule has 2 rings (SSSR count). The highest BCUT2D eigenvalue weighted by Crippen LogP contribution is 2.44. The SMILES string of the molecule is NCC1(COc2ccc(F)c(F)c2)CC1. The third-order valence-electron chi connectivity index (χ3n) is 2.83. The topological polar surface area (TPSA) is 35.2 Å². The third kappa shape index (κ3) is 2.26. The van der Waals surface area contributed by atoms with E-state index in [9.17, 15) is 8.78 Å². The van der Waals surface area contributed by atoms with Crippen molar-refractivity contribution in [3.05, 3.63) is 29.8 Å². The number of hydrogen-bond acceptors (Lipinski definition) is 2. The number of rotatable bonds is 4. The average Bonchev–Trinajstić information content (AvgIpc) is 3.01. The summed E-state index contributed by atoms with van der Waals surface area (Å²) < 4.78 is 30.8. The van der Waals surface area contributed by atoms with E-state index in [4.69, 9.17) is 10.5 Å². The number of hydrogen-bond donors (Lipinski definition) is 1. The van der Waals surface area contributed by atoms with E-state index in [2.05, 4.69) is 0 Å². The lowest BCUT2D eigenvalue weighted by Gasteiger charge is -2.13. The Morgan fingerprint density at radius 3 is 2.53 bits per heavy atom. The van der Waals surface area contributed by atoms with Crippen LogP contribution in [0.25, 0.3) is 0 Å². The van der Waals surface area contributed by atoms with E-state index in [1.54, 1.807) is 0 Å². The number of benzene rings is 1. The second-order valence-corrected chi connectivity index (χ2v) is 4.07. The molecule has 82 valence electrons. The Labute approximate surface area is 87.0 Å². The molecule has 0 amide bonds. The fourth-order valence-corrected chi connectivity index (χ4v) is 1.39. The molecule has 1 aromatic carbocycles. The van der Waals surface area contributed by atoms with Gasteiger partial charge in [-0.15, -0.1) is 0 Å². The molecular weight excluding hydrogens is 200 g/mol. The molecule has 1 aliphatic carbocycles. The van der Waals surface area contributed by atoms with Gasteiger partial charge in [-0.25, -0.2) is 8.78 Å². The van der Waals surface area contributed by atoms with E-state index in [0.29, 0.717) is 18.9 Å². The molecule has 1 aromatic rings. The van der Waals surface area contributed by atoms with Gasteiger partial charge in [0.1, 0.15) is 5.75 Å². The molecule has 0 spiro atoms. The van der Waals surface area contributed by atoms with Gasteiger partial charge >= 0.3 is 0 Å². The van der Waals surface area contributed by atoms with E-state index in [0.717, 1.165) is 25.0 Å². The fourth-order valence-electron chi connectivity index (χ4n) is 1.39. The van der Waals surface area contributed by atoms with Crippen LogP contribution in [0, 0.1) is 17.0 Å². The van der Waals surface area contributed by atoms with Crippen LogP contribution in [0.2, 0.25) is 0 Å². The van der Waals surface area contributed by atoms with E-state index < -0.39 is 11.6 Å². The standard InChI is InChI=1S/C11H13F2NO/c12-9-2-1-8(5-10(9)13)15-7-11(6-14)3-4-11/h1-2,5H,3-4,6-7,14H2. The van der Waals surface area contributed by atoms with Crippen molar-refractivity contribution in [2.45, 2.75) is 12.8 Å². The van der Waals surface area contributed by atoms with Crippen LogP contribution in [0.1, 0.15) is 12.8 Å². The predicted octanol–water partition coefficient (Wildman–Crippen LogP) is 2.08. The van der Waals surface area contributed by atoms with Crippen LogP contribution in [0.3, 0.4) is 0 Å². The molecule has 1 aliphatic rings. The molecule has 0 atom stereocenters. The lowest BCUT2D eigenvalue weighted by Crippen LogP contribution is -2.22. The van der Waals surface area contributed by atoms with Gasteiger partial charge in [0, 0.05) is 18.0 Å². The zero-order chi connectivity index (χ0) is 10.9. The van der Waals surface area contributed by atoms with Crippen molar-refractivity contribution in [2.24, 2.45) is 11.1 Å². The van der Waals surface area contributed by atoms with Crippen molar-refractivity contribution < 1.29 is 13.5 Å². The first-order valence-electron chi connectivity index (χ1n) is 4.93. The van der Waals surface area contributed by atoms with Crippen LogP contribution in [-0.2, 0) is 0 Å². The Morgan fingerprint density at radius 1 is 1.27 bits per heavy atom. The average molecular weight is 213 g/mol. The highest BCUT2D eigenvalue weighted by molar-refractivity contribution is 5.23. The minimum absolute atomic E-state index is 0.0743. The first kappa shape index (κ1) is 10.4. The number of halogens is 2. The van der Waals surface area contributed by atoms with E-state index >= 15 is 0 Å². The molecular formula is C11H13F2NO. The lowest BCUT2D eigenvalue weighted by molar-refractivity contribution is 0.237. The van der Waals surface area contributed by atoms with Crippen molar-refractivity contribution in [1.82, 2.24) is 0 Å². The monoisotopic (exact) mass is 213 g/mol. The maximum atomic E-state index is 12.8. The van der Waals surface area contributed by atoms with Crippen LogP contribution < -0.4 is 10.5 Å². The molecule has 0 aliphatic heterocycles. The molecule has 0 aromatic heterocycles. The minimum atomic E-state index is -0.884. The highest BCUT2D eigenvalue weighted by atomic mass is 19.2. The summed E-state index contributed by atoms with van der Waals surface area (Å²) in [5.41, 5.74) is 5.65. The molecule has 0 radical (unpaired) electrons. The van der Waals surface area contributed by atoms with E-state index in [-0.39, 0.29) is 5.41 Å². The Hall–Kier alpha value is -1.16. The third-order valence-corrected chi connectivity index (χ3v) is 2.83. The largest absolute Gasteiger partial charge is 0.493 e. The van der Waals surface area contributed by atoms with Gasteiger partial charge in [0.15, 0.2) is 11.6 Å². The van der Waals surface area contributed by atoms with E-state index in [1.807, 2.05) is 0 Å². The molecule has 0 bridgehead atoms. The molecule has 4 heteroatoms. The summed E-state index contributed by atoms with van der Waals surface area (Å²) in [4.78, 5) is 0. The van der Waals surface area contributed by atoms with Gasteiger partial charge in [0.2, 0.25) is 0 Å². The van der Waals surface area contributed by atoms with Crippen LogP contribution in [0.15, 0.2) is 18.2 Å². The first-order chi connectivity index (χ1) is 7.15. The lowest BCUT2D eigenvalue weighted by atomic mass is 10.1. The smallest absolute Gasteiger partial charge is 0.162 e. The molecule has 0 heterocycles. The summed E-state index contributed by atoms with van der Waals surface area (Å²) in [6.45, 7) is 1.06. The first-order valence-corrected chi connectivity index (χ1v) is 4.93. The number of nitrogens with two attached hydrogens (primary N) is 1. The van der Waals surface area contributed by atoms with Crippen molar-refractivity contribution >= 4 is 0 Å². The van der Waals surface area contributed by atoms with Crippen LogP contribution in [0.5, 0.6) is 5.75 Å². The predicted molar refractivity (Wildman–Crippen MR) is 52.6 cm³/mol. The Morgan fingerprint density at radius 2 is 2.00 bits per heavy atom. The number of ether oxygens (including phenoxy) is 1. The maximum Gasteiger partial charge on any atom is 0.162 e. The van der Waals surface area contributed by atoms with Crippen LogP contribution >= 0.6 is 0 Å². The molecule has 2 N–H and O–H groups in total. The molecule has 2 nitrogen and oxygen atoms in total. The van der Waals surface area contributed by atoms with Gasteiger partial charge in [0.05, 0.1) is 6.61 Å². The summed E-state index contributed by atoms with van der Waals surface area (Å²) in [7, 11) is 0. The summed E-state index contributed by atoms with van der Waals surface area (Å²) in [6, 6.07) is 3.54. The molecule has 0 unspecified atom stereocenters. The zero-order valence-corrected chi connectivity index (χ0v) is 8.30. The van der Waals surface area contributed by atoms with Crippen molar-refractivity contribution in [2.75, 3.05) is 13.2 Å². The molecule has 0 saturated heterocycles. The van der Waals surface area contributed by atoms with Gasteiger partial charge in [-0.2, -0.15) is 0 Å². The quantitative estimate of drug-likeness (QED) is 0.831. The van der Waals surface area contributed by atoms with Crippen LogP contribution in [0.4, 0.5) is 8.78 Å². The summed E-state index contributed by atoms with van der Waals surface area (Å²) in [6.07, 6.45) is 2.10. The van der Waals surface area contributed by atoms with Gasteiger partial charge in [-0.1, -0.05) is 0 Å². The minimum Gasteiger partial charge on any atom is -0.493 e. The van der Waals surface area contributed by atoms with Gasteiger partial charge in [-0.05, 0) is 25.0 Å². The summed E-state index contributed by atoms with van der Waals surface area (Å²) in [5.74, 6) is -1.39. The highest BCUT2D eigenvalue weighted by Gasteiger charge is 2.42. The summed E-state index contributed by atoms with van der Waals surface area (Å²) in [5, 5.41) is 0. The Kier molecular flexibility index (Phi) is 2.61. The van der Waals surface area contributed by atoms with Crippen molar-refractivity contribution in [1.29, 1.82) is 0 Å². The molecule has 1 saturated carbocycles. The molecule has 1 fully saturated rings. The maximum absolute atomic E-state index is 12.8. The van der Waals surface area contributed by atoms with Gasteiger partial charge in [0.25, 0.3) is 0 Å². The summed E-state index contributed by atoms with van der Waals surface area (Å²) >= 11 is 0. The second kappa shape index (κ2) is 3.77. The molecule has 15 heavy (non-hydrogen) atoms. The van der Waals surface area contributed by atoms with Crippen LogP contribution in [-0.4, -0.2) is 13.2 Å².